The van der Waals surface area contributed by atoms with Crippen molar-refractivity contribution < 1.29 is 14.6 Å². The normalized spacial score (nSPS) is 13.9. The van der Waals surface area contributed by atoms with E-state index < -0.39 is 6.10 Å². The summed E-state index contributed by atoms with van der Waals surface area (Å²) < 4.78 is 5.42. The van der Waals surface area contributed by atoms with E-state index in [1.165, 1.54) is 0 Å². The molecule has 4 nitrogen and oxygen atoms in total. The molecule has 0 radical (unpaired) electrons. The zero-order chi connectivity index (χ0) is 15.1. The van der Waals surface area contributed by atoms with E-state index in [0.29, 0.717) is 18.1 Å². The van der Waals surface area contributed by atoms with E-state index in [1.54, 1.807) is 12.1 Å². The minimum Gasteiger partial charge on any atom is -0.484 e. The van der Waals surface area contributed by atoms with Gasteiger partial charge in [-0.2, -0.15) is 0 Å². The average Bonchev–Trinajstić information content (AvgIpc) is 2.44. The largest absolute Gasteiger partial charge is 0.484 e. The number of ether oxygens (including phenoxy) is 1. The Balaban J connectivity index is 2.44. The van der Waals surface area contributed by atoms with Crippen LogP contribution in [0.2, 0.25) is 0 Å². The standard InChI is InChI=1S/C16H25NO3/c1-5-15(18)13-6-8-14(9-7-13)20-10-16(19)17-12(4)11(2)3/h6-9,11-12,15,18H,5,10H2,1-4H3,(H,17,19)/t12?,15-/m0/s1. The Morgan fingerprint density at radius 2 is 1.85 bits per heavy atom. The fourth-order valence-electron chi connectivity index (χ4n) is 1.63. The molecule has 0 aromatic heterocycles. The highest BCUT2D eigenvalue weighted by molar-refractivity contribution is 5.77. The van der Waals surface area contributed by atoms with Crippen molar-refractivity contribution in [3.8, 4) is 5.75 Å². The molecular formula is C16H25NO3. The van der Waals surface area contributed by atoms with Gasteiger partial charge < -0.3 is 15.2 Å². The monoisotopic (exact) mass is 279 g/mol. The molecule has 0 spiro atoms. The van der Waals surface area contributed by atoms with Gasteiger partial charge in [0.2, 0.25) is 0 Å². The highest BCUT2D eigenvalue weighted by Gasteiger charge is 2.11. The smallest absolute Gasteiger partial charge is 0.258 e. The van der Waals surface area contributed by atoms with E-state index in [0.717, 1.165) is 5.56 Å². The molecular weight excluding hydrogens is 254 g/mol. The first-order valence-corrected chi connectivity index (χ1v) is 7.14. The molecule has 2 N–H and O–H groups in total. The fourth-order valence-corrected chi connectivity index (χ4v) is 1.63. The van der Waals surface area contributed by atoms with E-state index in [9.17, 15) is 9.90 Å². The summed E-state index contributed by atoms with van der Waals surface area (Å²) in [6.07, 6.45) is 0.231. The Kier molecular flexibility index (Phi) is 6.52. The van der Waals surface area contributed by atoms with Crippen LogP contribution in [0.5, 0.6) is 5.75 Å². The number of benzene rings is 1. The predicted molar refractivity (Wildman–Crippen MR) is 79.6 cm³/mol. The van der Waals surface area contributed by atoms with Crippen LogP contribution in [-0.2, 0) is 4.79 Å². The fraction of sp³-hybridized carbons (Fsp3) is 0.562. The molecule has 1 aromatic rings. The molecule has 0 fully saturated rings. The first kappa shape index (κ1) is 16.5. The molecule has 0 aliphatic rings. The summed E-state index contributed by atoms with van der Waals surface area (Å²) in [6, 6.07) is 7.31. The van der Waals surface area contributed by atoms with E-state index in [-0.39, 0.29) is 18.6 Å². The van der Waals surface area contributed by atoms with Crippen molar-refractivity contribution in [3.05, 3.63) is 29.8 Å². The Labute approximate surface area is 121 Å². The van der Waals surface area contributed by atoms with Gasteiger partial charge in [-0.3, -0.25) is 4.79 Å². The Hall–Kier alpha value is -1.55. The van der Waals surface area contributed by atoms with Crippen molar-refractivity contribution in [2.75, 3.05) is 6.61 Å². The number of nitrogens with one attached hydrogen (secondary N) is 1. The van der Waals surface area contributed by atoms with Crippen molar-refractivity contribution in [1.82, 2.24) is 5.32 Å². The zero-order valence-electron chi connectivity index (χ0n) is 12.7. The predicted octanol–water partition coefficient (Wildman–Crippen LogP) is 2.67. The van der Waals surface area contributed by atoms with E-state index >= 15 is 0 Å². The second kappa shape index (κ2) is 7.90. The lowest BCUT2D eigenvalue weighted by Gasteiger charge is -2.17. The van der Waals surface area contributed by atoms with Crippen LogP contribution in [0.4, 0.5) is 0 Å². The van der Waals surface area contributed by atoms with Crippen LogP contribution < -0.4 is 10.1 Å². The maximum Gasteiger partial charge on any atom is 0.258 e. The number of hydrogen-bond acceptors (Lipinski definition) is 3. The highest BCUT2D eigenvalue weighted by atomic mass is 16.5. The second-order valence-electron chi connectivity index (χ2n) is 5.38. The van der Waals surface area contributed by atoms with Gasteiger partial charge in [-0.05, 0) is 37.0 Å². The topological polar surface area (TPSA) is 58.6 Å². The molecule has 0 heterocycles. The quantitative estimate of drug-likeness (QED) is 0.806. The maximum atomic E-state index is 11.7. The molecule has 20 heavy (non-hydrogen) atoms. The number of hydrogen-bond donors (Lipinski definition) is 2. The van der Waals surface area contributed by atoms with Crippen LogP contribution in [0.15, 0.2) is 24.3 Å². The minimum absolute atomic E-state index is 0.00668. The van der Waals surface area contributed by atoms with Crippen molar-refractivity contribution in [3.63, 3.8) is 0 Å². The molecule has 1 aromatic carbocycles. The number of aliphatic hydroxyl groups excluding tert-OH is 1. The van der Waals surface area contributed by atoms with E-state index in [2.05, 4.69) is 19.2 Å². The minimum atomic E-state index is -0.445. The number of amides is 1. The molecule has 0 saturated carbocycles. The highest BCUT2D eigenvalue weighted by Crippen LogP contribution is 2.19. The lowest BCUT2D eigenvalue weighted by atomic mass is 10.1. The number of carbonyl (C=O) groups is 1. The van der Waals surface area contributed by atoms with Gasteiger partial charge >= 0.3 is 0 Å². The molecule has 0 bridgehead atoms. The van der Waals surface area contributed by atoms with Gasteiger partial charge in [0.25, 0.3) is 5.91 Å². The molecule has 1 amide bonds. The summed E-state index contributed by atoms with van der Waals surface area (Å²) in [5, 5.41) is 12.6. The van der Waals surface area contributed by atoms with Gasteiger partial charge in [-0.1, -0.05) is 32.9 Å². The summed E-state index contributed by atoms with van der Waals surface area (Å²) in [6.45, 7) is 8.03. The van der Waals surface area contributed by atoms with Crippen LogP contribution in [0, 0.1) is 5.92 Å². The van der Waals surface area contributed by atoms with Crippen LogP contribution in [0.1, 0.15) is 45.8 Å². The lowest BCUT2D eigenvalue weighted by Crippen LogP contribution is -2.38. The third kappa shape index (κ3) is 5.21. The first-order chi connectivity index (χ1) is 9.43. The third-order valence-corrected chi connectivity index (χ3v) is 3.41. The Morgan fingerprint density at radius 1 is 1.25 bits per heavy atom. The number of aliphatic hydroxyl groups is 1. The molecule has 1 unspecified atom stereocenters. The SMILES string of the molecule is CC[C@H](O)c1ccc(OCC(=O)NC(C)C(C)C)cc1. The van der Waals surface area contributed by atoms with Gasteiger partial charge in [0.1, 0.15) is 5.75 Å². The van der Waals surface area contributed by atoms with Crippen LogP contribution in [0.25, 0.3) is 0 Å². The van der Waals surface area contributed by atoms with Crippen molar-refractivity contribution in [2.24, 2.45) is 5.92 Å². The zero-order valence-corrected chi connectivity index (χ0v) is 12.7. The van der Waals surface area contributed by atoms with Gasteiger partial charge in [-0.15, -0.1) is 0 Å². The van der Waals surface area contributed by atoms with E-state index in [4.69, 9.17) is 4.74 Å². The summed E-state index contributed by atoms with van der Waals surface area (Å²) in [7, 11) is 0. The first-order valence-electron chi connectivity index (χ1n) is 7.14. The maximum absolute atomic E-state index is 11.7. The summed E-state index contributed by atoms with van der Waals surface area (Å²) in [4.78, 5) is 11.7. The molecule has 4 heteroatoms. The molecule has 0 saturated heterocycles. The summed E-state index contributed by atoms with van der Waals surface area (Å²) >= 11 is 0. The second-order valence-corrected chi connectivity index (χ2v) is 5.38. The Morgan fingerprint density at radius 3 is 2.35 bits per heavy atom. The molecule has 0 aliphatic carbocycles. The molecule has 1 rings (SSSR count). The van der Waals surface area contributed by atoms with E-state index in [1.807, 2.05) is 26.0 Å². The molecule has 112 valence electrons. The van der Waals surface area contributed by atoms with Crippen LogP contribution >= 0.6 is 0 Å². The Bertz CT molecular complexity index is 414. The van der Waals surface area contributed by atoms with Crippen LogP contribution in [0.3, 0.4) is 0 Å². The van der Waals surface area contributed by atoms with Crippen molar-refractivity contribution >= 4 is 5.91 Å². The summed E-state index contributed by atoms with van der Waals surface area (Å²) in [5.41, 5.74) is 0.859. The van der Waals surface area contributed by atoms with Gasteiger partial charge in [0.15, 0.2) is 6.61 Å². The van der Waals surface area contributed by atoms with Gasteiger partial charge in [0.05, 0.1) is 6.10 Å². The average molecular weight is 279 g/mol. The number of rotatable bonds is 7. The molecule has 0 aliphatic heterocycles. The number of carbonyl (C=O) groups excluding carboxylic acids is 1. The van der Waals surface area contributed by atoms with Gasteiger partial charge in [0, 0.05) is 6.04 Å². The third-order valence-electron chi connectivity index (χ3n) is 3.41. The molecule has 2 atom stereocenters. The van der Waals surface area contributed by atoms with Crippen LogP contribution in [-0.4, -0.2) is 23.7 Å². The van der Waals surface area contributed by atoms with Gasteiger partial charge in [-0.25, -0.2) is 0 Å². The lowest BCUT2D eigenvalue weighted by molar-refractivity contribution is -0.124. The van der Waals surface area contributed by atoms with Crippen molar-refractivity contribution in [1.29, 1.82) is 0 Å². The summed E-state index contributed by atoms with van der Waals surface area (Å²) in [5.74, 6) is 0.905. The van der Waals surface area contributed by atoms with Crippen molar-refractivity contribution in [2.45, 2.75) is 46.3 Å².